The van der Waals surface area contributed by atoms with Gasteiger partial charge >= 0.3 is 6.18 Å². The summed E-state index contributed by atoms with van der Waals surface area (Å²) >= 11 is 8.40. The van der Waals surface area contributed by atoms with E-state index < -0.39 is 11.9 Å². The van der Waals surface area contributed by atoms with Crippen molar-refractivity contribution in [2.24, 2.45) is 0 Å². The predicted octanol–water partition coefficient (Wildman–Crippen LogP) is 4.66. The molecule has 1 heterocycles. The molecular formula is C21H26BrF3N4O2S. The van der Waals surface area contributed by atoms with Crippen molar-refractivity contribution < 1.29 is 22.6 Å². The van der Waals surface area contributed by atoms with Crippen molar-refractivity contribution in [3.63, 3.8) is 0 Å². The average Bonchev–Trinajstić information content (AvgIpc) is 3.52. The number of hydrogen-bond acceptors (Lipinski definition) is 4. The number of thiocarbonyl (C=S) groups is 1. The molecule has 0 spiro atoms. The zero-order valence-electron chi connectivity index (χ0n) is 17.9. The van der Waals surface area contributed by atoms with Gasteiger partial charge in [0.2, 0.25) is 0 Å². The minimum Gasteiger partial charge on any atom is -0.493 e. The molecular weight excluding hydrogens is 509 g/mol. The normalized spacial score (nSPS) is 13.7. The topological polar surface area (TPSA) is 60.3 Å². The Morgan fingerprint density at radius 2 is 1.88 bits per heavy atom. The van der Waals surface area contributed by atoms with Crippen molar-refractivity contribution in [1.29, 1.82) is 0 Å². The number of nitrogens with zero attached hydrogens (tertiary/aromatic N) is 2. The Morgan fingerprint density at radius 1 is 1.19 bits per heavy atom. The standard InChI is InChI=1S/C21H26BrF3N4O2S/c1-30-15-7-4-13(12-16(15)31-2)8-10-27-20(32)26-9-3-11-29-18(14-5-6-14)17(22)19(28-29)21(23,24)25/h4,7,12,14H,3,5-6,8-11H2,1-2H3,(H2,26,27,32). The number of hydrogen-bond donors (Lipinski definition) is 2. The van der Waals surface area contributed by atoms with Gasteiger partial charge in [0, 0.05) is 25.6 Å². The first-order valence-corrected chi connectivity index (χ1v) is 11.5. The number of alkyl halides is 3. The second-order valence-electron chi connectivity index (χ2n) is 7.52. The molecule has 1 aliphatic rings. The number of methoxy groups -OCH3 is 2. The van der Waals surface area contributed by atoms with E-state index in [1.807, 2.05) is 18.2 Å². The summed E-state index contributed by atoms with van der Waals surface area (Å²) in [5.41, 5.74) is 0.878. The Balaban J connectivity index is 1.42. The van der Waals surface area contributed by atoms with Crippen molar-refractivity contribution in [2.75, 3.05) is 27.3 Å². The van der Waals surface area contributed by atoms with Crippen LogP contribution < -0.4 is 20.1 Å². The van der Waals surface area contributed by atoms with Gasteiger partial charge in [0.25, 0.3) is 0 Å². The van der Waals surface area contributed by atoms with Gasteiger partial charge in [-0.1, -0.05) is 6.07 Å². The van der Waals surface area contributed by atoms with Crippen LogP contribution in [0, 0.1) is 0 Å². The Labute approximate surface area is 199 Å². The second kappa shape index (κ2) is 10.7. The quantitative estimate of drug-likeness (QED) is 0.341. The van der Waals surface area contributed by atoms with Crippen molar-refractivity contribution in [1.82, 2.24) is 20.4 Å². The zero-order chi connectivity index (χ0) is 23.3. The lowest BCUT2D eigenvalue weighted by atomic mass is 10.1. The molecule has 1 aromatic heterocycles. The molecule has 2 aromatic rings. The summed E-state index contributed by atoms with van der Waals surface area (Å²) in [5, 5.41) is 10.6. The van der Waals surface area contributed by atoms with E-state index in [2.05, 4.69) is 31.7 Å². The largest absolute Gasteiger partial charge is 0.493 e. The summed E-state index contributed by atoms with van der Waals surface area (Å²) in [4.78, 5) is 0. The number of aromatic nitrogens is 2. The van der Waals surface area contributed by atoms with E-state index in [1.165, 1.54) is 4.68 Å². The third-order valence-electron chi connectivity index (χ3n) is 5.14. The van der Waals surface area contributed by atoms with Crippen LogP contribution in [0.5, 0.6) is 11.5 Å². The monoisotopic (exact) mass is 534 g/mol. The molecule has 32 heavy (non-hydrogen) atoms. The van der Waals surface area contributed by atoms with Gasteiger partial charge in [0.1, 0.15) is 0 Å². The van der Waals surface area contributed by atoms with Gasteiger partial charge in [0.05, 0.1) is 24.4 Å². The second-order valence-corrected chi connectivity index (χ2v) is 8.72. The van der Waals surface area contributed by atoms with E-state index in [4.69, 9.17) is 21.7 Å². The maximum Gasteiger partial charge on any atom is 0.436 e. The highest BCUT2D eigenvalue weighted by atomic mass is 79.9. The smallest absolute Gasteiger partial charge is 0.436 e. The van der Waals surface area contributed by atoms with E-state index in [0.717, 1.165) is 24.8 Å². The van der Waals surface area contributed by atoms with Gasteiger partial charge in [-0.25, -0.2) is 0 Å². The lowest BCUT2D eigenvalue weighted by Gasteiger charge is -2.12. The van der Waals surface area contributed by atoms with Crippen molar-refractivity contribution >= 4 is 33.3 Å². The fraction of sp³-hybridized carbons (Fsp3) is 0.524. The summed E-state index contributed by atoms with van der Waals surface area (Å²) in [6.45, 7) is 1.56. The molecule has 0 unspecified atom stereocenters. The molecule has 3 rings (SSSR count). The van der Waals surface area contributed by atoms with Crippen LogP contribution in [0.15, 0.2) is 22.7 Å². The highest BCUT2D eigenvalue weighted by Gasteiger charge is 2.41. The molecule has 6 nitrogen and oxygen atoms in total. The fourth-order valence-electron chi connectivity index (χ4n) is 3.40. The molecule has 0 aliphatic heterocycles. The molecule has 0 atom stereocenters. The molecule has 0 saturated heterocycles. The Morgan fingerprint density at radius 3 is 2.50 bits per heavy atom. The molecule has 11 heteroatoms. The minimum absolute atomic E-state index is 0.0767. The molecule has 0 amide bonds. The van der Waals surface area contributed by atoms with Crippen LogP contribution in [0.1, 0.15) is 42.1 Å². The number of halogens is 4. The van der Waals surface area contributed by atoms with Gasteiger partial charge in [0.15, 0.2) is 22.3 Å². The van der Waals surface area contributed by atoms with Crippen LogP contribution in [-0.4, -0.2) is 42.2 Å². The van der Waals surface area contributed by atoms with Crippen molar-refractivity contribution in [3.05, 3.63) is 39.6 Å². The van der Waals surface area contributed by atoms with E-state index >= 15 is 0 Å². The summed E-state index contributed by atoms with van der Waals surface area (Å²) in [6.07, 6.45) is -1.33. The first kappa shape index (κ1) is 24.6. The van der Waals surface area contributed by atoms with Crippen LogP contribution in [0.3, 0.4) is 0 Å². The summed E-state index contributed by atoms with van der Waals surface area (Å²) in [6, 6.07) is 5.75. The van der Waals surface area contributed by atoms with E-state index in [-0.39, 0.29) is 10.4 Å². The van der Waals surface area contributed by atoms with Gasteiger partial charge in [-0.3, -0.25) is 4.68 Å². The molecule has 0 radical (unpaired) electrons. The number of rotatable bonds is 10. The Bertz CT molecular complexity index is 948. The summed E-state index contributed by atoms with van der Waals surface area (Å²) in [7, 11) is 3.19. The summed E-state index contributed by atoms with van der Waals surface area (Å²) < 4.78 is 51.7. The number of aryl methyl sites for hydroxylation is 1. The molecule has 1 aromatic carbocycles. The molecule has 1 fully saturated rings. The Hall–Kier alpha value is -2.01. The first-order valence-electron chi connectivity index (χ1n) is 10.3. The van der Waals surface area contributed by atoms with Crippen LogP contribution >= 0.6 is 28.1 Å². The Kier molecular flexibility index (Phi) is 8.26. The highest BCUT2D eigenvalue weighted by molar-refractivity contribution is 9.10. The van der Waals surface area contributed by atoms with Gasteiger partial charge in [-0.15, -0.1) is 0 Å². The minimum atomic E-state index is -4.47. The van der Waals surface area contributed by atoms with Crippen LogP contribution in [0.4, 0.5) is 13.2 Å². The molecule has 176 valence electrons. The first-order chi connectivity index (χ1) is 15.2. The number of nitrogens with one attached hydrogen (secondary N) is 2. The number of ether oxygens (including phenoxy) is 2. The number of benzene rings is 1. The average molecular weight is 535 g/mol. The summed E-state index contributed by atoms with van der Waals surface area (Å²) in [5.74, 6) is 1.51. The lowest BCUT2D eigenvalue weighted by molar-refractivity contribution is -0.142. The lowest BCUT2D eigenvalue weighted by Crippen LogP contribution is -2.37. The van der Waals surface area contributed by atoms with Gasteiger partial charge in [-0.2, -0.15) is 18.3 Å². The van der Waals surface area contributed by atoms with Gasteiger partial charge in [-0.05, 0) is 71.5 Å². The van der Waals surface area contributed by atoms with Crippen LogP contribution in [0.25, 0.3) is 0 Å². The maximum absolute atomic E-state index is 13.2. The van der Waals surface area contributed by atoms with Crippen LogP contribution in [0.2, 0.25) is 0 Å². The molecule has 1 saturated carbocycles. The van der Waals surface area contributed by atoms with Crippen molar-refractivity contribution in [3.8, 4) is 11.5 Å². The SMILES string of the molecule is COc1ccc(CCNC(=S)NCCCn2nc(C(F)(F)F)c(Br)c2C2CC2)cc1OC. The molecule has 0 bridgehead atoms. The van der Waals surface area contributed by atoms with Gasteiger partial charge < -0.3 is 20.1 Å². The third kappa shape index (κ3) is 6.28. The third-order valence-corrected chi connectivity index (χ3v) is 6.21. The zero-order valence-corrected chi connectivity index (χ0v) is 20.3. The van der Waals surface area contributed by atoms with E-state index in [9.17, 15) is 13.2 Å². The maximum atomic E-state index is 13.2. The van der Waals surface area contributed by atoms with E-state index in [0.29, 0.717) is 48.4 Å². The highest BCUT2D eigenvalue weighted by Crippen LogP contribution is 2.47. The fourth-order valence-corrected chi connectivity index (χ4v) is 4.44. The van der Waals surface area contributed by atoms with E-state index in [1.54, 1.807) is 14.2 Å². The molecule has 1 aliphatic carbocycles. The molecule has 2 N–H and O–H groups in total. The van der Waals surface area contributed by atoms with Crippen LogP contribution in [-0.2, 0) is 19.1 Å². The predicted molar refractivity (Wildman–Crippen MR) is 123 cm³/mol. The van der Waals surface area contributed by atoms with Crippen molar-refractivity contribution in [2.45, 2.75) is 44.3 Å².